The van der Waals surface area contributed by atoms with Gasteiger partial charge in [0, 0.05) is 13.0 Å². The van der Waals surface area contributed by atoms with Crippen LogP contribution in [-0.2, 0) is 4.79 Å². The lowest BCUT2D eigenvalue weighted by Crippen LogP contribution is -2.24. The lowest BCUT2D eigenvalue weighted by Gasteiger charge is -2.30. The van der Waals surface area contributed by atoms with Crippen LogP contribution in [0.5, 0.6) is 0 Å². The van der Waals surface area contributed by atoms with Gasteiger partial charge in [-0.05, 0) is 31.1 Å². The molecule has 2 N–H and O–H groups in total. The van der Waals surface area contributed by atoms with Crippen molar-refractivity contribution >= 4 is 11.8 Å². The fourth-order valence-electron chi connectivity index (χ4n) is 2.25. The average Bonchev–Trinajstić information content (AvgIpc) is 2.36. The van der Waals surface area contributed by atoms with E-state index < -0.39 is 11.8 Å². The van der Waals surface area contributed by atoms with Gasteiger partial charge in [-0.3, -0.25) is 4.79 Å². The van der Waals surface area contributed by atoms with Crippen LogP contribution in [0.25, 0.3) is 0 Å². The highest BCUT2D eigenvalue weighted by molar-refractivity contribution is 5.66. The van der Waals surface area contributed by atoms with Crippen LogP contribution in [0.1, 0.15) is 45.7 Å². The Morgan fingerprint density at radius 1 is 1.38 bits per heavy atom. The molecule has 6 heteroatoms. The Bertz CT molecular complexity index is 486. The van der Waals surface area contributed by atoms with Gasteiger partial charge in [0.1, 0.15) is 6.33 Å². The largest absolute Gasteiger partial charge is 0.481 e. The predicted octanol–water partition coefficient (Wildman–Crippen LogP) is 3.25. The number of rotatable bonds is 7. The van der Waals surface area contributed by atoms with Crippen molar-refractivity contribution < 1.29 is 14.3 Å². The van der Waals surface area contributed by atoms with Crippen molar-refractivity contribution in [3.8, 4) is 0 Å². The molecule has 0 aliphatic carbocycles. The Hall–Kier alpha value is -1.72. The van der Waals surface area contributed by atoms with Crippen LogP contribution in [0.3, 0.4) is 0 Å². The Morgan fingerprint density at radius 2 is 2.05 bits per heavy atom. The van der Waals surface area contributed by atoms with Crippen molar-refractivity contribution in [3.63, 3.8) is 0 Å². The van der Waals surface area contributed by atoms with Gasteiger partial charge in [-0.15, -0.1) is 0 Å². The molecule has 1 aromatic heterocycles. The van der Waals surface area contributed by atoms with Crippen molar-refractivity contribution in [3.05, 3.63) is 17.8 Å². The standard InChI is InChI=1S/C15H24FN3O2/c1-10-13(16)14(19-9-18-10)17-8-7-11(15(2,3)4)5-6-12(20)21/h9,11H,5-8H2,1-4H3,(H,20,21)(H,17,18,19). The zero-order valence-electron chi connectivity index (χ0n) is 13.1. The summed E-state index contributed by atoms with van der Waals surface area (Å²) in [6.07, 6.45) is 2.86. The summed E-state index contributed by atoms with van der Waals surface area (Å²) < 4.78 is 13.7. The highest BCUT2D eigenvalue weighted by atomic mass is 19.1. The summed E-state index contributed by atoms with van der Waals surface area (Å²) in [6.45, 7) is 8.42. The Morgan fingerprint density at radius 3 is 2.62 bits per heavy atom. The van der Waals surface area contributed by atoms with Crippen LogP contribution in [-0.4, -0.2) is 27.6 Å². The molecule has 0 saturated heterocycles. The highest BCUT2D eigenvalue weighted by Gasteiger charge is 2.24. The maximum atomic E-state index is 13.7. The molecular weight excluding hydrogens is 273 g/mol. The van der Waals surface area contributed by atoms with Gasteiger partial charge in [-0.2, -0.15) is 0 Å². The van der Waals surface area contributed by atoms with Crippen molar-refractivity contribution in [1.82, 2.24) is 9.97 Å². The third-order valence-electron chi connectivity index (χ3n) is 3.68. The number of aryl methyl sites for hydroxylation is 1. The lowest BCUT2D eigenvalue weighted by atomic mass is 9.76. The zero-order valence-corrected chi connectivity index (χ0v) is 13.1. The molecule has 0 fully saturated rings. The summed E-state index contributed by atoms with van der Waals surface area (Å²) in [4.78, 5) is 18.4. The highest BCUT2D eigenvalue weighted by Crippen LogP contribution is 2.32. The van der Waals surface area contributed by atoms with Crippen LogP contribution < -0.4 is 5.32 Å². The van der Waals surface area contributed by atoms with Crippen molar-refractivity contribution in [2.75, 3.05) is 11.9 Å². The first-order valence-electron chi connectivity index (χ1n) is 7.14. The fourth-order valence-corrected chi connectivity index (χ4v) is 2.25. The minimum atomic E-state index is -0.783. The number of carboxylic acid groups (broad SMARTS) is 1. The number of aromatic nitrogens is 2. The number of carboxylic acids is 1. The average molecular weight is 297 g/mol. The maximum Gasteiger partial charge on any atom is 0.303 e. The lowest BCUT2D eigenvalue weighted by molar-refractivity contribution is -0.137. The van der Waals surface area contributed by atoms with E-state index in [1.54, 1.807) is 6.92 Å². The molecular formula is C15H24FN3O2. The maximum absolute atomic E-state index is 13.7. The summed E-state index contributed by atoms with van der Waals surface area (Å²) in [7, 11) is 0. The number of aliphatic carboxylic acids is 1. The third-order valence-corrected chi connectivity index (χ3v) is 3.68. The van der Waals surface area contributed by atoms with E-state index in [4.69, 9.17) is 5.11 Å². The predicted molar refractivity (Wildman–Crippen MR) is 79.6 cm³/mol. The Labute approximate surface area is 125 Å². The van der Waals surface area contributed by atoms with E-state index in [1.807, 2.05) is 0 Å². The first-order valence-corrected chi connectivity index (χ1v) is 7.14. The minimum absolute atomic E-state index is 0.0112. The quantitative estimate of drug-likeness (QED) is 0.808. The normalized spacial score (nSPS) is 13.0. The smallest absolute Gasteiger partial charge is 0.303 e. The Kier molecular flexibility index (Phi) is 6.05. The first kappa shape index (κ1) is 17.3. The summed E-state index contributed by atoms with van der Waals surface area (Å²) in [6, 6.07) is 0. The van der Waals surface area contributed by atoms with Gasteiger partial charge in [0.05, 0.1) is 5.69 Å². The number of hydrogen-bond donors (Lipinski definition) is 2. The molecule has 0 spiro atoms. The molecule has 0 radical (unpaired) electrons. The van der Waals surface area contributed by atoms with E-state index in [0.717, 1.165) is 6.42 Å². The van der Waals surface area contributed by atoms with Crippen molar-refractivity contribution in [2.24, 2.45) is 11.3 Å². The topological polar surface area (TPSA) is 75.1 Å². The molecule has 1 heterocycles. The number of carbonyl (C=O) groups is 1. The molecule has 0 saturated carbocycles. The van der Waals surface area contributed by atoms with Gasteiger partial charge < -0.3 is 10.4 Å². The summed E-state index contributed by atoms with van der Waals surface area (Å²) in [5.74, 6) is -0.773. The second-order valence-electron chi connectivity index (χ2n) is 6.33. The minimum Gasteiger partial charge on any atom is -0.481 e. The second kappa shape index (κ2) is 7.33. The number of nitrogens with one attached hydrogen (secondary N) is 1. The Balaban J connectivity index is 2.57. The van der Waals surface area contributed by atoms with Crippen LogP contribution in [0.15, 0.2) is 6.33 Å². The molecule has 1 aromatic rings. The third kappa shape index (κ3) is 5.65. The van der Waals surface area contributed by atoms with Gasteiger partial charge in [0.15, 0.2) is 11.6 Å². The summed E-state index contributed by atoms with van der Waals surface area (Å²) >= 11 is 0. The van der Waals surface area contributed by atoms with Gasteiger partial charge >= 0.3 is 5.97 Å². The van der Waals surface area contributed by atoms with Crippen molar-refractivity contribution in [2.45, 2.75) is 47.0 Å². The number of hydrogen-bond acceptors (Lipinski definition) is 4. The molecule has 0 aliphatic rings. The zero-order chi connectivity index (χ0) is 16.0. The number of nitrogens with zero attached hydrogens (tertiary/aromatic N) is 2. The number of anilines is 1. The van der Waals surface area contributed by atoms with Crippen LogP contribution in [0.4, 0.5) is 10.2 Å². The molecule has 0 bridgehead atoms. The van der Waals surface area contributed by atoms with Gasteiger partial charge in [0.25, 0.3) is 0 Å². The summed E-state index contributed by atoms with van der Waals surface area (Å²) in [5, 5.41) is 11.8. The summed E-state index contributed by atoms with van der Waals surface area (Å²) in [5.41, 5.74) is 0.322. The van der Waals surface area contributed by atoms with E-state index in [9.17, 15) is 9.18 Å². The van der Waals surface area contributed by atoms with Gasteiger partial charge in [-0.1, -0.05) is 20.8 Å². The molecule has 1 unspecified atom stereocenters. The van der Waals surface area contributed by atoms with Gasteiger partial charge in [0.2, 0.25) is 0 Å². The van der Waals surface area contributed by atoms with E-state index in [0.29, 0.717) is 18.7 Å². The van der Waals surface area contributed by atoms with Crippen LogP contribution in [0.2, 0.25) is 0 Å². The fraction of sp³-hybridized carbons (Fsp3) is 0.667. The van der Waals surface area contributed by atoms with Crippen molar-refractivity contribution in [1.29, 1.82) is 0 Å². The van der Waals surface area contributed by atoms with E-state index in [1.165, 1.54) is 6.33 Å². The monoisotopic (exact) mass is 297 g/mol. The SMILES string of the molecule is Cc1ncnc(NCCC(CCC(=O)O)C(C)(C)C)c1F. The second-order valence-corrected chi connectivity index (χ2v) is 6.33. The van der Waals surface area contributed by atoms with Crippen LogP contribution in [0, 0.1) is 24.1 Å². The van der Waals surface area contributed by atoms with E-state index in [-0.39, 0.29) is 23.6 Å². The molecule has 1 atom stereocenters. The molecule has 1 rings (SSSR count). The molecule has 0 aliphatic heterocycles. The number of halogens is 1. The molecule has 5 nitrogen and oxygen atoms in total. The molecule has 0 amide bonds. The molecule has 0 aromatic carbocycles. The molecule has 118 valence electrons. The van der Waals surface area contributed by atoms with E-state index in [2.05, 4.69) is 36.1 Å². The van der Waals surface area contributed by atoms with Gasteiger partial charge in [-0.25, -0.2) is 14.4 Å². The van der Waals surface area contributed by atoms with E-state index >= 15 is 0 Å². The molecule has 21 heavy (non-hydrogen) atoms. The first-order chi connectivity index (χ1) is 9.71. The van der Waals surface area contributed by atoms with Crippen LogP contribution >= 0.6 is 0 Å².